The molecule has 0 aromatic heterocycles. The van der Waals surface area contributed by atoms with E-state index in [1.54, 1.807) is 11.8 Å². The Morgan fingerprint density at radius 3 is 1.60 bits per heavy atom. The summed E-state index contributed by atoms with van der Waals surface area (Å²) >= 11 is 14.0. The van der Waals surface area contributed by atoms with Crippen LogP contribution in [0, 0.1) is 13.8 Å². The first kappa shape index (κ1) is 20.3. The van der Waals surface area contributed by atoms with Gasteiger partial charge in [0.05, 0.1) is 10.5 Å². The minimum Gasteiger partial charge on any atom is -0.492 e. The molecule has 2 atom stereocenters. The molecule has 0 unspecified atom stereocenters. The molecule has 0 saturated heterocycles. The van der Waals surface area contributed by atoms with E-state index in [1.807, 2.05) is 62.4 Å². The van der Waals surface area contributed by atoms with Crippen LogP contribution in [-0.4, -0.2) is 35.5 Å². The zero-order valence-electron chi connectivity index (χ0n) is 14.6. The topological polar surface area (TPSA) is 18.5 Å². The van der Waals surface area contributed by atoms with Crippen molar-refractivity contribution in [3.63, 3.8) is 0 Å². The Morgan fingerprint density at radius 2 is 1.24 bits per heavy atom. The number of rotatable bonds is 10. The summed E-state index contributed by atoms with van der Waals surface area (Å²) in [7, 11) is 0. The van der Waals surface area contributed by atoms with Gasteiger partial charge in [-0.2, -0.15) is 0 Å². The van der Waals surface area contributed by atoms with Gasteiger partial charge >= 0.3 is 0 Å². The van der Waals surface area contributed by atoms with Crippen LogP contribution in [0.2, 0.25) is 0 Å². The molecule has 0 spiro atoms. The van der Waals surface area contributed by atoms with Gasteiger partial charge < -0.3 is 9.47 Å². The summed E-state index contributed by atoms with van der Waals surface area (Å²) < 4.78 is 11.7. The second-order valence-corrected chi connectivity index (χ2v) is 8.17. The first-order valence-electron chi connectivity index (χ1n) is 8.27. The number of hydrogen-bond acceptors (Lipinski definition) is 3. The van der Waals surface area contributed by atoms with Gasteiger partial charge in [-0.1, -0.05) is 24.3 Å². The molecule has 0 fully saturated rings. The molecule has 25 heavy (non-hydrogen) atoms. The van der Waals surface area contributed by atoms with E-state index in [0.29, 0.717) is 25.0 Å². The van der Waals surface area contributed by atoms with Crippen molar-refractivity contribution in [2.45, 2.75) is 24.3 Å². The van der Waals surface area contributed by atoms with Crippen LogP contribution in [0.25, 0.3) is 0 Å². The van der Waals surface area contributed by atoms with Gasteiger partial charge in [0.25, 0.3) is 0 Å². The lowest BCUT2D eigenvalue weighted by Crippen LogP contribution is -2.25. The minimum absolute atomic E-state index is 0.159. The number of halogens is 2. The maximum absolute atomic E-state index is 6.12. The molecule has 0 heterocycles. The molecule has 2 aromatic carbocycles. The highest BCUT2D eigenvalue weighted by Gasteiger charge is 2.18. The Bertz CT molecular complexity index is 596. The summed E-state index contributed by atoms with van der Waals surface area (Å²) in [4.78, 5) is 0. The Hall–Kier alpha value is -1.03. The van der Waals surface area contributed by atoms with Crippen molar-refractivity contribution in [3.05, 3.63) is 59.7 Å². The number of aryl methyl sites for hydroxylation is 2. The van der Waals surface area contributed by atoms with Crippen molar-refractivity contribution < 1.29 is 9.47 Å². The van der Waals surface area contributed by atoms with Crippen LogP contribution < -0.4 is 9.47 Å². The van der Waals surface area contributed by atoms with E-state index in [1.165, 1.54) is 11.1 Å². The molecule has 0 saturated carbocycles. The summed E-state index contributed by atoms with van der Waals surface area (Å²) in [6.45, 7) is 5.20. The highest BCUT2D eigenvalue weighted by atomic mass is 35.5. The average molecular weight is 399 g/mol. The Morgan fingerprint density at radius 1 is 0.800 bits per heavy atom. The molecule has 136 valence electrons. The third kappa shape index (κ3) is 7.39. The second-order valence-electron chi connectivity index (χ2n) is 5.94. The lowest BCUT2D eigenvalue weighted by atomic mass is 10.2. The van der Waals surface area contributed by atoms with Crippen LogP contribution in [0.1, 0.15) is 11.1 Å². The van der Waals surface area contributed by atoms with Gasteiger partial charge in [-0.05, 0) is 49.2 Å². The highest BCUT2D eigenvalue weighted by Crippen LogP contribution is 2.24. The van der Waals surface area contributed by atoms with Crippen LogP contribution >= 0.6 is 35.0 Å². The van der Waals surface area contributed by atoms with E-state index in [0.717, 1.165) is 11.5 Å². The predicted octanol–water partition coefficient (Wildman–Crippen LogP) is 5.71. The van der Waals surface area contributed by atoms with Crippen molar-refractivity contribution in [1.82, 2.24) is 0 Å². The SMILES string of the molecule is Cc1cccc(OC[C@@H](CCl)S[C@H](CCl)COc2cccc(C)c2)c1. The predicted molar refractivity (Wildman–Crippen MR) is 110 cm³/mol. The molecule has 0 aliphatic heterocycles. The van der Waals surface area contributed by atoms with Gasteiger partial charge in [-0.15, -0.1) is 35.0 Å². The van der Waals surface area contributed by atoms with Gasteiger partial charge in [0, 0.05) is 11.8 Å². The highest BCUT2D eigenvalue weighted by molar-refractivity contribution is 8.00. The Kier molecular flexibility index (Phi) is 8.80. The monoisotopic (exact) mass is 398 g/mol. The first-order valence-corrected chi connectivity index (χ1v) is 10.3. The molecule has 0 aliphatic rings. The zero-order chi connectivity index (χ0) is 18.1. The first-order chi connectivity index (χ1) is 12.1. The van der Waals surface area contributed by atoms with Crippen LogP contribution in [0.3, 0.4) is 0 Å². The molecule has 0 radical (unpaired) electrons. The van der Waals surface area contributed by atoms with E-state index in [4.69, 9.17) is 32.7 Å². The number of alkyl halides is 2. The molecule has 2 rings (SSSR count). The number of ether oxygens (including phenoxy) is 2. The molecule has 2 nitrogen and oxygen atoms in total. The Labute approximate surface area is 164 Å². The molecule has 0 amide bonds. The lowest BCUT2D eigenvalue weighted by Gasteiger charge is -2.21. The van der Waals surface area contributed by atoms with Gasteiger partial charge in [0.15, 0.2) is 0 Å². The standard InChI is InChI=1S/C20H24Cl2O2S/c1-15-5-3-7-17(9-15)23-13-19(11-21)25-20(12-22)14-24-18-8-4-6-16(2)10-18/h3-10,19-20H,11-14H2,1-2H3/t19-,20-/m1/s1. The summed E-state index contributed by atoms with van der Waals surface area (Å²) in [6, 6.07) is 16.0. The molecule has 0 aliphatic carbocycles. The van der Waals surface area contributed by atoms with Crippen molar-refractivity contribution >= 4 is 35.0 Å². The lowest BCUT2D eigenvalue weighted by molar-refractivity contribution is 0.315. The number of thioether (sulfide) groups is 1. The maximum Gasteiger partial charge on any atom is 0.119 e. The van der Waals surface area contributed by atoms with Crippen LogP contribution in [0.5, 0.6) is 11.5 Å². The fraction of sp³-hybridized carbons (Fsp3) is 0.400. The summed E-state index contributed by atoms with van der Waals surface area (Å²) in [5, 5.41) is 0.319. The van der Waals surface area contributed by atoms with Gasteiger partial charge in [-0.25, -0.2) is 0 Å². The normalized spacial score (nSPS) is 13.3. The van der Waals surface area contributed by atoms with E-state index < -0.39 is 0 Å². The fourth-order valence-electron chi connectivity index (χ4n) is 2.30. The quantitative estimate of drug-likeness (QED) is 0.477. The second kappa shape index (κ2) is 10.8. The average Bonchev–Trinajstić information content (AvgIpc) is 2.61. The summed E-state index contributed by atoms with van der Waals surface area (Å²) in [6.07, 6.45) is 0. The van der Waals surface area contributed by atoms with Crippen LogP contribution in [0.15, 0.2) is 48.5 Å². The van der Waals surface area contributed by atoms with Crippen LogP contribution in [0.4, 0.5) is 0 Å². The molecular weight excluding hydrogens is 375 g/mol. The van der Waals surface area contributed by atoms with Crippen molar-refractivity contribution in [1.29, 1.82) is 0 Å². The number of hydrogen-bond donors (Lipinski definition) is 0. The fourth-order valence-corrected chi connectivity index (χ4v) is 3.90. The maximum atomic E-state index is 6.12. The largest absolute Gasteiger partial charge is 0.492 e. The molecule has 2 aromatic rings. The molecule has 0 N–H and O–H groups in total. The smallest absolute Gasteiger partial charge is 0.119 e. The van der Waals surface area contributed by atoms with Gasteiger partial charge in [0.1, 0.15) is 24.7 Å². The third-order valence-electron chi connectivity index (χ3n) is 3.58. The molecular formula is C20H24Cl2O2S. The van der Waals surface area contributed by atoms with Crippen molar-refractivity contribution in [2.24, 2.45) is 0 Å². The summed E-state index contributed by atoms with van der Waals surface area (Å²) in [5.74, 6) is 2.76. The minimum atomic E-state index is 0.159. The van der Waals surface area contributed by atoms with Crippen LogP contribution in [-0.2, 0) is 0 Å². The molecule has 5 heteroatoms. The number of benzene rings is 2. The third-order valence-corrected chi connectivity index (χ3v) is 6.07. The Balaban J connectivity index is 1.82. The van der Waals surface area contributed by atoms with Crippen molar-refractivity contribution in [2.75, 3.05) is 25.0 Å². The van der Waals surface area contributed by atoms with E-state index in [9.17, 15) is 0 Å². The zero-order valence-corrected chi connectivity index (χ0v) is 16.9. The molecule has 0 bridgehead atoms. The van der Waals surface area contributed by atoms with E-state index in [-0.39, 0.29) is 10.5 Å². The van der Waals surface area contributed by atoms with E-state index >= 15 is 0 Å². The van der Waals surface area contributed by atoms with E-state index in [2.05, 4.69) is 0 Å². The summed E-state index contributed by atoms with van der Waals surface area (Å²) in [5.41, 5.74) is 2.36. The van der Waals surface area contributed by atoms with Gasteiger partial charge in [-0.3, -0.25) is 0 Å². The van der Waals surface area contributed by atoms with Crippen molar-refractivity contribution in [3.8, 4) is 11.5 Å². The van der Waals surface area contributed by atoms with Gasteiger partial charge in [0.2, 0.25) is 0 Å².